The lowest BCUT2D eigenvalue weighted by Gasteiger charge is -2.45. The summed E-state index contributed by atoms with van der Waals surface area (Å²) in [6, 6.07) is 0. The molecule has 0 saturated carbocycles. The lowest BCUT2D eigenvalue weighted by atomic mass is 9.86. The summed E-state index contributed by atoms with van der Waals surface area (Å²) in [4.78, 5) is 0. The normalized spacial score (nSPS) is 16.8. The van der Waals surface area contributed by atoms with Crippen molar-refractivity contribution in [3.8, 4) is 0 Å². The molecule has 2 N–H and O–H groups in total. The first-order valence-electron chi connectivity index (χ1n) is 10.4. The van der Waals surface area contributed by atoms with Crippen LogP contribution in [0, 0.1) is 0 Å². The molecule has 0 aromatic rings. The fourth-order valence-electron chi connectivity index (χ4n) is 2.67. The number of nitrogens with zero attached hydrogens (tertiary/aromatic N) is 1. The highest BCUT2D eigenvalue weighted by Gasteiger charge is 2.99. The van der Waals surface area contributed by atoms with Crippen molar-refractivity contribution in [1.29, 1.82) is 0 Å². The van der Waals surface area contributed by atoms with Crippen LogP contribution in [0.1, 0.15) is 6.42 Å². The van der Waals surface area contributed by atoms with Gasteiger partial charge in [-0.15, -0.1) is 0 Å². The number of rotatable bonds is 15. The van der Waals surface area contributed by atoms with E-state index in [1.807, 2.05) is 0 Å². The minimum Gasteiger partial charge on any atom is -0.217 e. The Balaban J connectivity index is 7.08. The number of hydrogen-bond acceptors (Lipinski definition) is 3. The highest BCUT2D eigenvalue weighted by molar-refractivity contribution is 7.90. The van der Waals surface area contributed by atoms with E-state index in [4.69, 9.17) is 0 Å². The molecular weight excluding hydrogens is 737 g/mol. The Bertz CT molecular complexity index is 1170. The Morgan fingerprint density at radius 1 is 0.489 bits per heavy atom. The molecule has 0 saturated heterocycles. The Morgan fingerprint density at radius 3 is 0.978 bits per heavy atom. The zero-order valence-electron chi connectivity index (χ0n) is 20.9. The van der Waals surface area contributed by atoms with Crippen molar-refractivity contribution >= 4 is 10.0 Å². The van der Waals surface area contributed by atoms with E-state index in [-0.39, 0.29) is 0 Å². The summed E-state index contributed by atoms with van der Waals surface area (Å²) in [7, 11) is -5.81. The number of halogens is 23. The average Bonchev–Trinajstić information content (AvgIpc) is 2.79. The number of nitrogens with one attached hydrogen (secondary N) is 1. The molecule has 29 heteroatoms. The molecular formula is C16H14F23N2O3S+. The second kappa shape index (κ2) is 11.1. The molecule has 0 spiro atoms. The summed E-state index contributed by atoms with van der Waals surface area (Å²) in [5.41, 5.74) is 0. The fraction of sp³-hybridized carbons (Fsp3) is 1.00. The van der Waals surface area contributed by atoms with Crippen molar-refractivity contribution in [3.05, 3.63) is 0 Å². The van der Waals surface area contributed by atoms with Gasteiger partial charge in [0.05, 0.1) is 14.1 Å². The largest absolute Gasteiger partial charge is 0.460 e. The summed E-state index contributed by atoms with van der Waals surface area (Å²) < 4.78 is 330. The molecule has 0 amide bonds. The van der Waals surface area contributed by atoms with Gasteiger partial charge in [0.25, 0.3) is 10.0 Å². The van der Waals surface area contributed by atoms with Crippen LogP contribution in [-0.4, -0.2) is 110 Å². The molecule has 0 atom stereocenters. The van der Waals surface area contributed by atoms with Crippen LogP contribution in [0.4, 0.5) is 101 Å². The van der Waals surface area contributed by atoms with Gasteiger partial charge in [0.1, 0.15) is 6.54 Å². The Kier molecular flexibility index (Phi) is 10.7. The molecule has 0 aliphatic rings. The molecule has 45 heavy (non-hydrogen) atoms. The molecule has 0 heterocycles. The van der Waals surface area contributed by atoms with Gasteiger partial charge < -0.3 is 0 Å². The molecule has 5 nitrogen and oxygen atoms in total. The van der Waals surface area contributed by atoms with Crippen LogP contribution >= 0.6 is 0 Å². The second-order valence-corrected chi connectivity index (χ2v) is 11.1. The molecule has 0 rings (SSSR count). The van der Waals surface area contributed by atoms with Crippen LogP contribution < -0.4 is 4.72 Å². The predicted octanol–water partition coefficient (Wildman–Crippen LogP) is 6.63. The average molecular weight is 751 g/mol. The quantitative estimate of drug-likeness (QED) is 0.0855. The van der Waals surface area contributed by atoms with E-state index >= 15 is 0 Å². The summed E-state index contributed by atoms with van der Waals surface area (Å²) in [6.45, 7) is -2.31. The van der Waals surface area contributed by atoms with E-state index in [1.54, 1.807) is 0 Å². The Morgan fingerprint density at radius 2 is 0.733 bits per heavy atom. The number of hydrogen-bond donors (Lipinski definition) is 2. The zero-order chi connectivity index (χ0) is 37.3. The van der Waals surface area contributed by atoms with E-state index in [1.165, 1.54) is 0 Å². The van der Waals surface area contributed by atoms with Gasteiger partial charge in [-0.05, 0) is 0 Å². The van der Waals surface area contributed by atoms with E-state index in [0.29, 0.717) is 4.72 Å². The van der Waals surface area contributed by atoms with Crippen LogP contribution in [0.25, 0.3) is 0 Å². The van der Waals surface area contributed by atoms with Crippen LogP contribution in [0.5, 0.6) is 0 Å². The van der Waals surface area contributed by atoms with Gasteiger partial charge in [-0.25, -0.2) is 18.3 Å². The minimum atomic E-state index is -9.57. The lowest BCUT2D eigenvalue weighted by Crippen LogP contribution is -2.78. The van der Waals surface area contributed by atoms with Crippen molar-refractivity contribution in [2.45, 2.75) is 71.2 Å². The molecule has 0 aromatic carbocycles. The first-order chi connectivity index (χ1) is 19.0. The predicted molar refractivity (Wildman–Crippen MR) is 95.8 cm³/mol. The first-order valence-corrected chi connectivity index (χ1v) is 11.8. The maximum absolute atomic E-state index is 13.9. The summed E-state index contributed by atoms with van der Waals surface area (Å²) >= 11 is 0. The SMILES string of the molecule is C[N+](C)(O)CCCNS(=O)(=O)C(F)(F)C(F)(F)C(F)(F)C(F)(F)C(F)(F)C(F)(F)C(F)(F)C(F)(F)C(F)(F)C(F)(F)C(F)(F)F. The van der Waals surface area contributed by atoms with Crippen LogP contribution in [0.15, 0.2) is 0 Å². The van der Waals surface area contributed by atoms with Crippen LogP contribution in [-0.2, 0) is 10.0 Å². The number of alkyl halides is 23. The van der Waals surface area contributed by atoms with Gasteiger partial charge >= 0.3 is 64.7 Å². The zero-order valence-corrected chi connectivity index (χ0v) is 21.8. The molecule has 272 valence electrons. The third kappa shape index (κ3) is 6.05. The van der Waals surface area contributed by atoms with Gasteiger partial charge in [-0.3, -0.25) is 0 Å². The number of quaternary nitrogens is 1. The standard InChI is InChI=1S/C16H14F23N2O3S/c1-41(2,42)5-3-4-40-45(43,44)16(38,39)14(33,34)12(29,30)10(25,26)8(21,22)6(17,18)7(19,20)9(23,24)11(27,28)13(31,32)15(35,36)37/h40,42H,3-5H2,1-2H3/q+1. The minimum absolute atomic E-state index is 0.299. The van der Waals surface area contributed by atoms with Crippen molar-refractivity contribution in [2.75, 3.05) is 27.2 Å². The first kappa shape index (κ1) is 43.2. The molecule has 0 unspecified atom stereocenters. The van der Waals surface area contributed by atoms with Gasteiger partial charge in [-0.1, -0.05) is 0 Å². The Hall–Kier alpha value is -1.78. The van der Waals surface area contributed by atoms with Crippen molar-refractivity contribution in [2.24, 2.45) is 0 Å². The van der Waals surface area contributed by atoms with Crippen molar-refractivity contribution in [3.63, 3.8) is 0 Å². The lowest BCUT2D eigenvalue weighted by molar-refractivity contribution is -1.07. The number of sulfonamides is 1. The third-order valence-electron chi connectivity index (χ3n) is 5.39. The summed E-state index contributed by atoms with van der Waals surface area (Å²) in [5.74, 6) is -82.9. The topological polar surface area (TPSA) is 66.4 Å². The second-order valence-electron chi connectivity index (χ2n) is 9.28. The Labute approximate surface area is 233 Å². The maximum atomic E-state index is 13.9. The molecule has 0 radical (unpaired) electrons. The fourth-order valence-corrected chi connectivity index (χ4v) is 3.73. The van der Waals surface area contributed by atoms with E-state index in [0.717, 1.165) is 14.1 Å². The summed E-state index contributed by atoms with van der Waals surface area (Å²) in [5, 5.41) is 1.36. The van der Waals surface area contributed by atoms with Gasteiger partial charge in [0, 0.05) is 13.0 Å². The van der Waals surface area contributed by atoms with E-state index in [2.05, 4.69) is 0 Å². The smallest absolute Gasteiger partial charge is 0.217 e. The van der Waals surface area contributed by atoms with E-state index in [9.17, 15) is 115 Å². The highest BCUT2D eigenvalue weighted by Crippen LogP contribution is 2.67. The van der Waals surface area contributed by atoms with Gasteiger partial charge in [0.15, 0.2) is 0 Å². The molecule has 0 aromatic heterocycles. The van der Waals surface area contributed by atoms with E-state index < -0.39 is 98.9 Å². The maximum Gasteiger partial charge on any atom is 0.460 e. The van der Waals surface area contributed by atoms with Crippen molar-refractivity contribution < 1.29 is 119 Å². The van der Waals surface area contributed by atoms with Crippen LogP contribution in [0.2, 0.25) is 0 Å². The molecule has 0 fully saturated rings. The third-order valence-corrected chi connectivity index (χ3v) is 6.90. The molecule has 0 bridgehead atoms. The molecule has 0 aliphatic carbocycles. The monoisotopic (exact) mass is 751 g/mol. The number of hydroxylamine groups is 3. The van der Waals surface area contributed by atoms with Crippen LogP contribution in [0.3, 0.4) is 0 Å². The highest BCUT2D eigenvalue weighted by atomic mass is 32.2. The molecule has 0 aliphatic heterocycles. The van der Waals surface area contributed by atoms with Gasteiger partial charge in [0.2, 0.25) is 0 Å². The summed E-state index contributed by atoms with van der Waals surface area (Å²) in [6.07, 6.45) is -9.08. The van der Waals surface area contributed by atoms with Gasteiger partial charge in [-0.2, -0.15) is 106 Å². The van der Waals surface area contributed by atoms with Crippen molar-refractivity contribution in [1.82, 2.24) is 4.72 Å².